The molecule has 1 atom stereocenters. The molecule has 1 heterocycles. The molecule has 0 saturated carbocycles. The van der Waals surface area contributed by atoms with Gasteiger partial charge in [-0.25, -0.2) is 4.98 Å². The number of nitrogens with one attached hydrogen (secondary N) is 1. The Morgan fingerprint density at radius 1 is 1.58 bits per heavy atom. The first-order valence-electron chi connectivity index (χ1n) is 5.87. The van der Waals surface area contributed by atoms with Crippen molar-refractivity contribution in [3.05, 3.63) is 28.3 Å². The number of amides is 1. The number of nitrogens with zero attached hydrogens (tertiary/aromatic N) is 2. The van der Waals surface area contributed by atoms with Crippen molar-refractivity contribution in [2.24, 2.45) is 5.92 Å². The Bertz CT molecular complexity index is 638. The number of rotatable bonds is 4. The van der Waals surface area contributed by atoms with E-state index in [0.717, 1.165) is 6.42 Å². The Hall–Kier alpha value is -2.02. The molecule has 0 spiro atoms. The number of carbonyl (C=O) groups excluding carboxylic acids is 1. The van der Waals surface area contributed by atoms with E-state index in [-0.39, 0.29) is 17.5 Å². The normalized spacial score (nSPS) is 12.3. The Morgan fingerprint density at radius 2 is 2.32 bits per heavy atom. The molecule has 100 valence electrons. The lowest BCUT2D eigenvalue weighted by Gasteiger charge is -2.06. The van der Waals surface area contributed by atoms with E-state index in [0.29, 0.717) is 15.3 Å². The molecule has 0 bridgehead atoms. The van der Waals surface area contributed by atoms with E-state index in [2.05, 4.69) is 10.3 Å². The standard InChI is InChI=1S/C12H13N3O3S/c1-3-7(2)11(16)14-12-13-9-5-4-8(15(17)18)6-10(9)19-12/h4-7H,3H2,1-2H3,(H,13,14,16). The van der Waals surface area contributed by atoms with Crippen LogP contribution in [0, 0.1) is 16.0 Å². The van der Waals surface area contributed by atoms with Crippen molar-refractivity contribution >= 4 is 38.3 Å². The highest BCUT2D eigenvalue weighted by atomic mass is 32.1. The molecule has 1 N–H and O–H groups in total. The summed E-state index contributed by atoms with van der Waals surface area (Å²) < 4.78 is 0.689. The van der Waals surface area contributed by atoms with Crippen molar-refractivity contribution in [1.29, 1.82) is 0 Å². The van der Waals surface area contributed by atoms with Crippen LogP contribution in [0.1, 0.15) is 20.3 Å². The van der Waals surface area contributed by atoms with Gasteiger partial charge in [-0.3, -0.25) is 14.9 Å². The summed E-state index contributed by atoms with van der Waals surface area (Å²) in [5.41, 5.74) is 0.672. The van der Waals surface area contributed by atoms with Gasteiger partial charge in [0.05, 0.1) is 15.1 Å². The Kier molecular flexibility index (Phi) is 3.75. The summed E-state index contributed by atoms with van der Waals surface area (Å²) >= 11 is 1.24. The molecule has 0 aliphatic rings. The molecule has 2 aromatic rings. The Morgan fingerprint density at radius 3 is 2.95 bits per heavy atom. The second kappa shape index (κ2) is 5.31. The van der Waals surface area contributed by atoms with Crippen LogP contribution < -0.4 is 5.32 Å². The first kappa shape index (κ1) is 13.4. The summed E-state index contributed by atoms with van der Waals surface area (Å²) in [6.45, 7) is 3.78. The third-order valence-electron chi connectivity index (χ3n) is 2.87. The van der Waals surface area contributed by atoms with Crippen molar-refractivity contribution in [3.63, 3.8) is 0 Å². The van der Waals surface area contributed by atoms with Crippen molar-refractivity contribution in [1.82, 2.24) is 4.98 Å². The number of thiazole rings is 1. The molecule has 0 aliphatic carbocycles. The van der Waals surface area contributed by atoms with E-state index in [1.807, 2.05) is 13.8 Å². The molecule has 0 aliphatic heterocycles. The van der Waals surface area contributed by atoms with Crippen LogP contribution in [0.2, 0.25) is 0 Å². The predicted octanol–water partition coefficient (Wildman–Crippen LogP) is 3.19. The van der Waals surface area contributed by atoms with Crippen LogP contribution in [-0.4, -0.2) is 15.8 Å². The summed E-state index contributed by atoms with van der Waals surface area (Å²) in [5.74, 6) is -0.169. The summed E-state index contributed by atoms with van der Waals surface area (Å²) in [6.07, 6.45) is 0.752. The van der Waals surface area contributed by atoms with Gasteiger partial charge in [0.15, 0.2) is 5.13 Å². The van der Waals surface area contributed by atoms with Crippen molar-refractivity contribution < 1.29 is 9.72 Å². The fourth-order valence-electron chi connectivity index (χ4n) is 1.49. The lowest BCUT2D eigenvalue weighted by molar-refractivity contribution is -0.384. The van der Waals surface area contributed by atoms with Crippen LogP contribution in [0.3, 0.4) is 0 Å². The number of hydrogen-bond acceptors (Lipinski definition) is 5. The van der Waals surface area contributed by atoms with Gasteiger partial charge in [-0.1, -0.05) is 25.2 Å². The minimum Gasteiger partial charge on any atom is -0.302 e. The summed E-state index contributed by atoms with van der Waals surface area (Å²) in [7, 11) is 0. The van der Waals surface area contributed by atoms with Gasteiger partial charge in [0.1, 0.15) is 0 Å². The number of anilines is 1. The number of fused-ring (bicyclic) bond motifs is 1. The molecule has 6 nitrogen and oxygen atoms in total. The number of nitro groups is 1. The monoisotopic (exact) mass is 279 g/mol. The van der Waals surface area contributed by atoms with E-state index in [4.69, 9.17) is 0 Å². The van der Waals surface area contributed by atoms with Crippen LogP contribution in [0.5, 0.6) is 0 Å². The third-order valence-corrected chi connectivity index (χ3v) is 3.81. The number of benzene rings is 1. The number of nitro benzene ring substituents is 1. The zero-order chi connectivity index (χ0) is 14.0. The van der Waals surface area contributed by atoms with Crippen molar-refractivity contribution in [3.8, 4) is 0 Å². The molecular weight excluding hydrogens is 266 g/mol. The van der Waals surface area contributed by atoms with Gasteiger partial charge < -0.3 is 5.32 Å². The highest BCUT2D eigenvalue weighted by Crippen LogP contribution is 2.29. The molecule has 7 heteroatoms. The smallest absolute Gasteiger partial charge is 0.270 e. The maximum Gasteiger partial charge on any atom is 0.270 e. The van der Waals surface area contributed by atoms with Crippen LogP contribution >= 0.6 is 11.3 Å². The highest BCUT2D eigenvalue weighted by molar-refractivity contribution is 7.22. The van der Waals surface area contributed by atoms with Gasteiger partial charge in [-0.2, -0.15) is 0 Å². The van der Waals surface area contributed by atoms with Gasteiger partial charge in [0, 0.05) is 18.1 Å². The number of carbonyl (C=O) groups is 1. The summed E-state index contributed by atoms with van der Waals surface area (Å²) in [5, 5.41) is 13.9. The van der Waals surface area contributed by atoms with E-state index >= 15 is 0 Å². The fourth-order valence-corrected chi connectivity index (χ4v) is 2.40. The third kappa shape index (κ3) is 2.87. The average Bonchev–Trinajstić information content (AvgIpc) is 2.78. The molecule has 1 aromatic heterocycles. The van der Waals surface area contributed by atoms with Crippen LogP contribution in [0.25, 0.3) is 10.2 Å². The summed E-state index contributed by atoms with van der Waals surface area (Å²) in [4.78, 5) is 26.2. The largest absolute Gasteiger partial charge is 0.302 e. The molecule has 2 rings (SSSR count). The molecule has 1 unspecified atom stereocenters. The Labute approximate surface area is 113 Å². The minimum absolute atomic E-state index is 0.0240. The molecule has 0 saturated heterocycles. The molecule has 1 aromatic carbocycles. The van der Waals surface area contributed by atoms with E-state index in [9.17, 15) is 14.9 Å². The predicted molar refractivity (Wildman–Crippen MR) is 74.4 cm³/mol. The SMILES string of the molecule is CCC(C)C(=O)Nc1nc2ccc([N+](=O)[O-])cc2s1. The molecule has 0 radical (unpaired) electrons. The van der Waals surface area contributed by atoms with E-state index in [1.54, 1.807) is 6.07 Å². The highest BCUT2D eigenvalue weighted by Gasteiger charge is 2.14. The van der Waals surface area contributed by atoms with Crippen LogP contribution in [0.15, 0.2) is 18.2 Å². The molecular formula is C12H13N3O3S. The second-order valence-electron chi connectivity index (χ2n) is 4.23. The quantitative estimate of drug-likeness (QED) is 0.688. The fraction of sp³-hybridized carbons (Fsp3) is 0.333. The van der Waals surface area contributed by atoms with Gasteiger partial charge in [-0.05, 0) is 12.5 Å². The lowest BCUT2D eigenvalue weighted by Crippen LogP contribution is -2.19. The molecule has 1 amide bonds. The van der Waals surface area contributed by atoms with Crippen molar-refractivity contribution in [2.75, 3.05) is 5.32 Å². The maximum atomic E-state index is 11.7. The lowest BCUT2D eigenvalue weighted by atomic mass is 10.1. The zero-order valence-corrected chi connectivity index (χ0v) is 11.4. The minimum atomic E-state index is -0.448. The average molecular weight is 279 g/mol. The van der Waals surface area contributed by atoms with E-state index in [1.165, 1.54) is 23.5 Å². The van der Waals surface area contributed by atoms with Crippen LogP contribution in [-0.2, 0) is 4.79 Å². The zero-order valence-electron chi connectivity index (χ0n) is 10.5. The first-order valence-corrected chi connectivity index (χ1v) is 6.68. The molecule has 19 heavy (non-hydrogen) atoms. The second-order valence-corrected chi connectivity index (χ2v) is 5.26. The van der Waals surface area contributed by atoms with Gasteiger partial charge >= 0.3 is 0 Å². The number of aromatic nitrogens is 1. The topological polar surface area (TPSA) is 85.1 Å². The van der Waals surface area contributed by atoms with Crippen LogP contribution in [0.4, 0.5) is 10.8 Å². The summed E-state index contributed by atoms with van der Waals surface area (Å²) in [6, 6.07) is 4.46. The van der Waals surface area contributed by atoms with Gasteiger partial charge in [0.2, 0.25) is 5.91 Å². The van der Waals surface area contributed by atoms with Gasteiger partial charge in [-0.15, -0.1) is 0 Å². The molecule has 0 fully saturated rings. The van der Waals surface area contributed by atoms with Crippen molar-refractivity contribution in [2.45, 2.75) is 20.3 Å². The Balaban J connectivity index is 2.26. The van der Waals surface area contributed by atoms with E-state index < -0.39 is 4.92 Å². The van der Waals surface area contributed by atoms with Gasteiger partial charge in [0.25, 0.3) is 5.69 Å². The number of hydrogen-bond donors (Lipinski definition) is 1. The first-order chi connectivity index (χ1) is 9.01. The number of non-ortho nitro benzene ring substituents is 1. The maximum absolute atomic E-state index is 11.7.